The molecule has 0 fully saturated rings. The Morgan fingerprint density at radius 1 is 1.29 bits per heavy atom. The van der Waals surface area contributed by atoms with Gasteiger partial charge in [0.25, 0.3) is 0 Å². The third-order valence-electron chi connectivity index (χ3n) is 1.43. The first-order chi connectivity index (χ1) is 6.38. The smallest absolute Gasteiger partial charge is 0.120 e. The summed E-state index contributed by atoms with van der Waals surface area (Å²) in [5.41, 5.74) is -0.0941. The van der Waals surface area contributed by atoms with E-state index in [9.17, 15) is 5.11 Å². The zero-order chi connectivity index (χ0) is 10.8. The molecule has 0 radical (unpaired) electrons. The molecule has 14 heavy (non-hydrogen) atoms. The van der Waals surface area contributed by atoms with Crippen LogP contribution in [-0.4, -0.2) is 10.7 Å². The van der Waals surface area contributed by atoms with Crippen LogP contribution in [0.15, 0.2) is 27.1 Å². The molecule has 0 aliphatic heterocycles. The fourth-order valence-electron chi connectivity index (χ4n) is 0.814. The zero-order valence-electron chi connectivity index (χ0n) is 7.94. The number of benzene rings is 1. The second-order valence-electron chi connectivity index (χ2n) is 3.43. The van der Waals surface area contributed by atoms with E-state index >= 15 is 0 Å². The van der Waals surface area contributed by atoms with Gasteiger partial charge < -0.3 is 5.11 Å². The standard InChI is InChI=1S/C11H10Br2O/c1-11(2,14)6-5-8-7-9(12)3-4-10(8)13/h3-4,7,14H,1-2H3. The van der Waals surface area contributed by atoms with Crippen LogP contribution >= 0.6 is 31.9 Å². The fourth-order valence-corrected chi connectivity index (χ4v) is 1.52. The molecule has 0 spiro atoms. The van der Waals surface area contributed by atoms with Gasteiger partial charge in [-0.25, -0.2) is 0 Å². The molecule has 0 atom stereocenters. The molecule has 1 aromatic carbocycles. The Bertz CT molecular complexity index is 394. The Kier molecular flexibility index (Phi) is 3.77. The lowest BCUT2D eigenvalue weighted by atomic mass is 10.1. The molecule has 0 aromatic heterocycles. The molecule has 3 heteroatoms. The highest BCUT2D eigenvalue weighted by Crippen LogP contribution is 2.20. The molecule has 0 unspecified atom stereocenters. The maximum absolute atomic E-state index is 9.44. The number of aliphatic hydroxyl groups is 1. The Morgan fingerprint density at radius 3 is 2.50 bits per heavy atom. The van der Waals surface area contributed by atoms with Crippen LogP contribution < -0.4 is 0 Å². The molecule has 0 amide bonds. The minimum Gasteiger partial charge on any atom is -0.378 e. The Hall–Kier alpha value is -0.300. The van der Waals surface area contributed by atoms with Crippen molar-refractivity contribution < 1.29 is 5.11 Å². The van der Waals surface area contributed by atoms with E-state index in [-0.39, 0.29) is 0 Å². The first-order valence-electron chi connectivity index (χ1n) is 4.09. The summed E-state index contributed by atoms with van der Waals surface area (Å²) >= 11 is 6.76. The van der Waals surface area contributed by atoms with Crippen molar-refractivity contribution in [3.63, 3.8) is 0 Å². The minimum absolute atomic E-state index is 0.863. The summed E-state index contributed by atoms with van der Waals surface area (Å²) in [4.78, 5) is 0. The van der Waals surface area contributed by atoms with Crippen molar-refractivity contribution in [2.24, 2.45) is 0 Å². The molecule has 1 nitrogen and oxygen atoms in total. The predicted molar refractivity (Wildman–Crippen MR) is 65.0 cm³/mol. The van der Waals surface area contributed by atoms with E-state index in [0.717, 1.165) is 14.5 Å². The average Bonchev–Trinajstić information content (AvgIpc) is 2.05. The van der Waals surface area contributed by atoms with Gasteiger partial charge >= 0.3 is 0 Å². The van der Waals surface area contributed by atoms with E-state index in [4.69, 9.17) is 0 Å². The van der Waals surface area contributed by atoms with Crippen LogP contribution in [-0.2, 0) is 0 Å². The lowest BCUT2D eigenvalue weighted by Crippen LogP contribution is -2.14. The van der Waals surface area contributed by atoms with Gasteiger partial charge in [0.1, 0.15) is 5.60 Å². The van der Waals surface area contributed by atoms with Gasteiger partial charge in [0.2, 0.25) is 0 Å². The Morgan fingerprint density at radius 2 is 1.93 bits per heavy atom. The topological polar surface area (TPSA) is 20.2 Å². The van der Waals surface area contributed by atoms with Crippen LogP contribution in [0.5, 0.6) is 0 Å². The maximum atomic E-state index is 9.44. The van der Waals surface area contributed by atoms with E-state index in [1.165, 1.54) is 0 Å². The van der Waals surface area contributed by atoms with E-state index < -0.39 is 5.60 Å². The van der Waals surface area contributed by atoms with Gasteiger partial charge in [-0.1, -0.05) is 27.8 Å². The molecule has 74 valence electrons. The highest BCUT2D eigenvalue weighted by molar-refractivity contribution is 9.11. The van der Waals surface area contributed by atoms with Crippen LogP contribution in [0, 0.1) is 11.8 Å². The Labute approximate surface area is 101 Å². The van der Waals surface area contributed by atoms with Crippen molar-refractivity contribution in [1.29, 1.82) is 0 Å². The molecular formula is C11H10Br2O. The average molecular weight is 318 g/mol. The van der Waals surface area contributed by atoms with Gasteiger partial charge in [-0.05, 0) is 48.0 Å². The zero-order valence-corrected chi connectivity index (χ0v) is 11.1. The highest BCUT2D eigenvalue weighted by atomic mass is 79.9. The van der Waals surface area contributed by atoms with E-state index in [1.807, 2.05) is 18.2 Å². The summed E-state index contributed by atoms with van der Waals surface area (Å²) < 4.78 is 1.90. The number of hydrogen-bond acceptors (Lipinski definition) is 1. The van der Waals surface area contributed by atoms with Gasteiger partial charge in [-0.2, -0.15) is 0 Å². The minimum atomic E-state index is -0.957. The molecule has 0 aliphatic rings. The van der Waals surface area contributed by atoms with Crippen LogP contribution in [0.3, 0.4) is 0 Å². The second-order valence-corrected chi connectivity index (χ2v) is 5.20. The molecule has 0 aliphatic carbocycles. The summed E-state index contributed by atoms with van der Waals surface area (Å²) in [6.07, 6.45) is 0. The Balaban J connectivity index is 3.06. The summed E-state index contributed by atoms with van der Waals surface area (Å²) in [5, 5.41) is 9.44. The van der Waals surface area contributed by atoms with E-state index in [1.54, 1.807) is 13.8 Å². The first-order valence-corrected chi connectivity index (χ1v) is 5.68. The van der Waals surface area contributed by atoms with Crippen molar-refractivity contribution in [3.8, 4) is 11.8 Å². The van der Waals surface area contributed by atoms with Crippen LogP contribution in [0.2, 0.25) is 0 Å². The summed E-state index contributed by atoms with van der Waals surface area (Å²) in [7, 11) is 0. The van der Waals surface area contributed by atoms with Gasteiger partial charge in [0, 0.05) is 14.5 Å². The second kappa shape index (κ2) is 4.48. The van der Waals surface area contributed by atoms with Crippen molar-refractivity contribution in [3.05, 3.63) is 32.7 Å². The third kappa shape index (κ3) is 3.83. The molecule has 0 saturated heterocycles. The summed E-state index contributed by atoms with van der Waals surface area (Å²) in [5.74, 6) is 5.68. The molecule has 1 aromatic rings. The third-order valence-corrected chi connectivity index (χ3v) is 2.62. The highest BCUT2D eigenvalue weighted by Gasteiger charge is 2.06. The number of hydrogen-bond donors (Lipinski definition) is 1. The number of rotatable bonds is 0. The molecular weight excluding hydrogens is 308 g/mol. The fraction of sp³-hybridized carbons (Fsp3) is 0.273. The SMILES string of the molecule is CC(C)(O)C#Cc1cc(Br)ccc1Br. The molecule has 0 bridgehead atoms. The van der Waals surface area contributed by atoms with Crippen LogP contribution in [0.25, 0.3) is 0 Å². The van der Waals surface area contributed by atoms with Gasteiger partial charge in [0.05, 0.1) is 0 Å². The summed E-state index contributed by atoms with van der Waals surface area (Å²) in [6, 6.07) is 5.75. The van der Waals surface area contributed by atoms with Gasteiger partial charge in [0.15, 0.2) is 0 Å². The van der Waals surface area contributed by atoms with Crippen LogP contribution in [0.1, 0.15) is 19.4 Å². The monoisotopic (exact) mass is 316 g/mol. The normalized spacial score (nSPS) is 10.6. The molecule has 0 saturated carbocycles. The molecule has 0 heterocycles. The lowest BCUT2D eigenvalue weighted by molar-refractivity contribution is 0.143. The van der Waals surface area contributed by atoms with Gasteiger partial charge in [-0.3, -0.25) is 0 Å². The van der Waals surface area contributed by atoms with Crippen LogP contribution in [0.4, 0.5) is 0 Å². The quantitative estimate of drug-likeness (QED) is 0.728. The largest absolute Gasteiger partial charge is 0.378 e. The van der Waals surface area contributed by atoms with Crippen molar-refractivity contribution in [2.75, 3.05) is 0 Å². The maximum Gasteiger partial charge on any atom is 0.120 e. The van der Waals surface area contributed by atoms with Gasteiger partial charge in [-0.15, -0.1) is 0 Å². The van der Waals surface area contributed by atoms with E-state index in [0.29, 0.717) is 0 Å². The van der Waals surface area contributed by atoms with Crippen molar-refractivity contribution in [2.45, 2.75) is 19.4 Å². The lowest BCUT2D eigenvalue weighted by Gasteiger charge is -2.06. The molecule has 1 N–H and O–H groups in total. The molecule has 1 rings (SSSR count). The first kappa shape index (κ1) is 11.8. The number of halogens is 2. The summed E-state index contributed by atoms with van der Waals surface area (Å²) in [6.45, 7) is 3.32. The van der Waals surface area contributed by atoms with E-state index in [2.05, 4.69) is 43.7 Å². The van der Waals surface area contributed by atoms with Crippen molar-refractivity contribution in [1.82, 2.24) is 0 Å². The predicted octanol–water partition coefficient (Wildman–Crippen LogP) is 3.33. The van der Waals surface area contributed by atoms with Crippen molar-refractivity contribution >= 4 is 31.9 Å².